The predicted molar refractivity (Wildman–Crippen MR) is 93.2 cm³/mol. The first-order valence-electron chi connectivity index (χ1n) is 8.74. The number of carbonyl (C=O) groups is 1. The Bertz CT molecular complexity index is 540. The monoisotopic (exact) mass is 333 g/mol. The number of nitrogens with zero attached hydrogens (tertiary/aromatic N) is 2. The highest BCUT2D eigenvalue weighted by Gasteiger charge is 2.21. The summed E-state index contributed by atoms with van der Waals surface area (Å²) in [5.41, 5.74) is 2.02. The van der Waals surface area contributed by atoms with E-state index in [1.807, 2.05) is 25.2 Å². The van der Waals surface area contributed by atoms with E-state index in [1.165, 1.54) is 0 Å². The maximum absolute atomic E-state index is 12.5. The van der Waals surface area contributed by atoms with Gasteiger partial charge in [0.1, 0.15) is 0 Å². The summed E-state index contributed by atoms with van der Waals surface area (Å²) in [5.74, 6) is 0. The van der Waals surface area contributed by atoms with Crippen molar-refractivity contribution < 1.29 is 14.3 Å². The molecular weight excluding hydrogens is 306 g/mol. The van der Waals surface area contributed by atoms with Gasteiger partial charge in [0.25, 0.3) is 0 Å². The second-order valence-corrected chi connectivity index (χ2v) is 6.49. The molecule has 132 valence electrons. The van der Waals surface area contributed by atoms with Crippen LogP contribution in [0.15, 0.2) is 24.3 Å². The molecule has 0 unspecified atom stereocenters. The lowest BCUT2D eigenvalue weighted by Crippen LogP contribution is -2.38. The molecule has 1 aromatic carbocycles. The SMILES string of the molecule is CN(C[C@@H]1CCCO1)C(=O)Nc1ccccc1CN1CCOCC1. The first-order chi connectivity index (χ1) is 11.7. The summed E-state index contributed by atoms with van der Waals surface area (Å²) in [7, 11) is 1.82. The summed E-state index contributed by atoms with van der Waals surface area (Å²) in [6.07, 6.45) is 2.29. The number of benzene rings is 1. The number of likely N-dealkylation sites (N-methyl/N-ethyl adjacent to an activating group) is 1. The van der Waals surface area contributed by atoms with Crippen molar-refractivity contribution in [3.8, 4) is 0 Å². The smallest absolute Gasteiger partial charge is 0.321 e. The largest absolute Gasteiger partial charge is 0.379 e. The topological polar surface area (TPSA) is 54.0 Å². The predicted octanol–water partition coefficient (Wildman–Crippen LogP) is 2.16. The van der Waals surface area contributed by atoms with Gasteiger partial charge in [-0.3, -0.25) is 4.90 Å². The van der Waals surface area contributed by atoms with Gasteiger partial charge in [0, 0.05) is 45.5 Å². The highest BCUT2D eigenvalue weighted by Crippen LogP contribution is 2.19. The minimum Gasteiger partial charge on any atom is -0.379 e. The third-order valence-electron chi connectivity index (χ3n) is 4.60. The van der Waals surface area contributed by atoms with Crippen LogP contribution >= 0.6 is 0 Å². The first-order valence-corrected chi connectivity index (χ1v) is 8.74. The summed E-state index contributed by atoms with van der Waals surface area (Å²) in [6, 6.07) is 7.93. The summed E-state index contributed by atoms with van der Waals surface area (Å²) in [4.78, 5) is 16.5. The maximum atomic E-state index is 12.5. The number of urea groups is 1. The average molecular weight is 333 g/mol. The molecule has 2 saturated heterocycles. The van der Waals surface area contributed by atoms with Gasteiger partial charge < -0.3 is 19.7 Å². The number of nitrogens with one attached hydrogen (secondary N) is 1. The number of anilines is 1. The molecule has 1 atom stereocenters. The number of carbonyl (C=O) groups excluding carboxylic acids is 1. The van der Waals surface area contributed by atoms with Crippen LogP contribution in [0.5, 0.6) is 0 Å². The zero-order valence-corrected chi connectivity index (χ0v) is 14.4. The van der Waals surface area contributed by atoms with E-state index in [0.717, 1.165) is 63.5 Å². The molecule has 0 radical (unpaired) electrons. The third kappa shape index (κ3) is 4.69. The molecule has 0 aliphatic carbocycles. The fraction of sp³-hybridized carbons (Fsp3) is 0.611. The van der Waals surface area contributed by atoms with Crippen LogP contribution in [0.4, 0.5) is 10.5 Å². The zero-order chi connectivity index (χ0) is 16.8. The number of morpholine rings is 1. The van der Waals surface area contributed by atoms with Gasteiger partial charge >= 0.3 is 6.03 Å². The number of amides is 2. The van der Waals surface area contributed by atoms with Crippen LogP contribution in [0.3, 0.4) is 0 Å². The van der Waals surface area contributed by atoms with Crippen molar-refractivity contribution in [3.63, 3.8) is 0 Å². The van der Waals surface area contributed by atoms with Crippen LogP contribution in [0.1, 0.15) is 18.4 Å². The number of para-hydroxylation sites is 1. The van der Waals surface area contributed by atoms with Crippen molar-refractivity contribution in [3.05, 3.63) is 29.8 Å². The molecule has 6 heteroatoms. The molecular formula is C18H27N3O3. The van der Waals surface area contributed by atoms with Crippen molar-refractivity contribution >= 4 is 11.7 Å². The van der Waals surface area contributed by atoms with Crippen LogP contribution in [-0.4, -0.2) is 68.4 Å². The van der Waals surface area contributed by atoms with Gasteiger partial charge in [0.05, 0.1) is 19.3 Å². The van der Waals surface area contributed by atoms with Gasteiger partial charge in [-0.2, -0.15) is 0 Å². The quantitative estimate of drug-likeness (QED) is 0.897. The summed E-state index contributed by atoms with van der Waals surface area (Å²) >= 11 is 0. The standard InChI is InChI=1S/C18H27N3O3/c1-20(14-16-6-4-10-24-16)18(22)19-17-7-3-2-5-15(17)13-21-8-11-23-12-9-21/h2-3,5,7,16H,4,6,8-14H2,1H3,(H,19,22)/t16-/m0/s1. The molecule has 0 aromatic heterocycles. The second kappa shape index (κ2) is 8.46. The van der Waals surface area contributed by atoms with E-state index in [1.54, 1.807) is 4.90 Å². The van der Waals surface area contributed by atoms with Gasteiger partial charge in [-0.15, -0.1) is 0 Å². The van der Waals surface area contributed by atoms with Gasteiger partial charge in [-0.25, -0.2) is 4.79 Å². The Morgan fingerprint density at radius 2 is 2.08 bits per heavy atom. The van der Waals surface area contributed by atoms with E-state index in [-0.39, 0.29) is 12.1 Å². The summed E-state index contributed by atoms with van der Waals surface area (Å²) < 4.78 is 11.0. The number of hydrogen-bond acceptors (Lipinski definition) is 4. The van der Waals surface area contributed by atoms with Crippen LogP contribution in [0, 0.1) is 0 Å². The van der Waals surface area contributed by atoms with Crippen LogP contribution < -0.4 is 5.32 Å². The van der Waals surface area contributed by atoms with E-state index >= 15 is 0 Å². The molecule has 2 heterocycles. The van der Waals surface area contributed by atoms with Crippen LogP contribution in [-0.2, 0) is 16.0 Å². The molecule has 2 aliphatic heterocycles. The highest BCUT2D eigenvalue weighted by atomic mass is 16.5. The lowest BCUT2D eigenvalue weighted by molar-refractivity contribution is 0.0342. The van der Waals surface area contributed by atoms with Crippen molar-refractivity contribution in [2.45, 2.75) is 25.5 Å². The lowest BCUT2D eigenvalue weighted by atomic mass is 10.1. The number of ether oxygens (including phenoxy) is 2. The normalized spacial score (nSPS) is 21.6. The summed E-state index contributed by atoms with van der Waals surface area (Å²) in [6.45, 7) is 5.69. The average Bonchev–Trinajstić information content (AvgIpc) is 3.10. The molecule has 0 bridgehead atoms. The van der Waals surface area contributed by atoms with E-state index in [2.05, 4.69) is 16.3 Å². The number of hydrogen-bond donors (Lipinski definition) is 1. The Balaban J connectivity index is 1.58. The molecule has 0 spiro atoms. The molecule has 1 aromatic rings. The van der Waals surface area contributed by atoms with Gasteiger partial charge in [-0.1, -0.05) is 18.2 Å². The minimum absolute atomic E-state index is 0.0834. The second-order valence-electron chi connectivity index (χ2n) is 6.49. The molecule has 2 amide bonds. The molecule has 6 nitrogen and oxygen atoms in total. The van der Waals surface area contributed by atoms with Gasteiger partial charge in [0.15, 0.2) is 0 Å². The van der Waals surface area contributed by atoms with Gasteiger partial charge in [0.2, 0.25) is 0 Å². The molecule has 2 fully saturated rings. The Morgan fingerprint density at radius 1 is 1.29 bits per heavy atom. The van der Waals surface area contributed by atoms with Crippen molar-refractivity contribution in [1.29, 1.82) is 0 Å². The van der Waals surface area contributed by atoms with E-state index in [4.69, 9.17) is 9.47 Å². The molecule has 2 aliphatic rings. The van der Waals surface area contributed by atoms with Crippen molar-refractivity contribution in [1.82, 2.24) is 9.80 Å². The van der Waals surface area contributed by atoms with Crippen LogP contribution in [0.25, 0.3) is 0 Å². The molecule has 1 N–H and O–H groups in total. The first kappa shape index (κ1) is 17.2. The molecule has 3 rings (SSSR count). The van der Waals surface area contributed by atoms with Crippen LogP contribution in [0.2, 0.25) is 0 Å². The van der Waals surface area contributed by atoms with E-state index < -0.39 is 0 Å². The fourth-order valence-corrected chi connectivity index (χ4v) is 3.17. The Kier molecular flexibility index (Phi) is 6.07. The van der Waals surface area contributed by atoms with Crippen molar-refractivity contribution in [2.24, 2.45) is 0 Å². The summed E-state index contributed by atoms with van der Waals surface area (Å²) in [5, 5.41) is 3.05. The lowest BCUT2D eigenvalue weighted by Gasteiger charge is -2.28. The Morgan fingerprint density at radius 3 is 2.83 bits per heavy atom. The molecule has 0 saturated carbocycles. The highest BCUT2D eigenvalue weighted by molar-refractivity contribution is 5.90. The third-order valence-corrected chi connectivity index (χ3v) is 4.60. The van der Waals surface area contributed by atoms with Crippen molar-refractivity contribution in [2.75, 3.05) is 51.8 Å². The van der Waals surface area contributed by atoms with E-state index in [0.29, 0.717) is 6.54 Å². The Hall–Kier alpha value is -1.63. The zero-order valence-electron chi connectivity index (χ0n) is 14.4. The van der Waals surface area contributed by atoms with E-state index in [9.17, 15) is 4.79 Å². The van der Waals surface area contributed by atoms with Gasteiger partial charge in [-0.05, 0) is 24.5 Å². The number of rotatable bonds is 5. The maximum Gasteiger partial charge on any atom is 0.321 e. The minimum atomic E-state index is -0.0834. The molecule has 24 heavy (non-hydrogen) atoms. The Labute approximate surface area is 143 Å². The fourth-order valence-electron chi connectivity index (χ4n) is 3.17.